The molecule has 3 amide bonds. The Labute approximate surface area is 159 Å². The Kier molecular flexibility index (Phi) is 6.07. The molecule has 0 saturated carbocycles. The second kappa shape index (κ2) is 8.34. The normalized spacial score (nSPS) is 20.9. The first-order valence-electron chi connectivity index (χ1n) is 9.05. The highest BCUT2D eigenvalue weighted by atomic mass is 19.4. The number of ether oxygens (including phenoxy) is 1. The lowest BCUT2D eigenvalue weighted by Crippen LogP contribution is -2.49. The fourth-order valence-corrected chi connectivity index (χ4v) is 3.41. The molecule has 0 spiro atoms. The smallest absolute Gasteiger partial charge is 0.381 e. The van der Waals surface area contributed by atoms with Crippen molar-refractivity contribution in [2.45, 2.75) is 31.5 Å². The lowest BCUT2D eigenvalue weighted by atomic mass is 10.0. The first-order chi connectivity index (χ1) is 13.2. The summed E-state index contributed by atoms with van der Waals surface area (Å²) in [6.07, 6.45) is -2.94. The maximum Gasteiger partial charge on any atom is 0.419 e. The van der Waals surface area contributed by atoms with Crippen molar-refractivity contribution in [3.05, 3.63) is 29.6 Å². The average Bonchev–Trinajstić information content (AvgIpc) is 3.15. The molecule has 0 aliphatic carbocycles. The van der Waals surface area contributed by atoms with Gasteiger partial charge in [0, 0.05) is 31.4 Å². The molecule has 28 heavy (non-hydrogen) atoms. The van der Waals surface area contributed by atoms with Crippen LogP contribution in [0.1, 0.15) is 24.8 Å². The number of halogens is 4. The molecule has 0 aromatic heterocycles. The Bertz CT molecular complexity index is 727. The van der Waals surface area contributed by atoms with Gasteiger partial charge in [0.2, 0.25) is 5.91 Å². The Morgan fingerprint density at radius 2 is 1.86 bits per heavy atom. The maximum atomic E-state index is 13.6. The zero-order valence-corrected chi connectivity index (χ0v) is 15.0. The molecule has 2 saturated heterocycles. The van der Waals surface area contributed by atoms with Crippen LogP contribution in [0.5, 0.6) is 0 Å². The number of urea groups is 1. The summed E-state index contributed by atoms with van der Waals surface area (Å²) < 4.78 is 56.5. The summed E-state index contributed by atoms with van der Waals surface area (Å²) in [5, 5.41) is 5.04. The largest absolute Gasteiger partial charge is 0.419 e. The van der Waals surface area contributed by atoms with Crippen molar-refractivity contribution in [1.29, 1.82) is 0 Å². The summed E-state index contributed by atoms with van der Waals surface area (Å²) in [5.41, 5.74) is -1.46. The lowest BCUT2D eigenvalue weighted by Gasteiger charge is -2.33. The van der Waals surface area contributed by atoms with Crippen molar-refractivity contribution >= 4 is 17.6 Å². The summed E-state index contributed by atoms with van der Waals surface area (Å²) in [6, 6.07) is 1.40. The average molecular weight is 403 g/mol. The Hall–Kier alpha value is -2.36. The number of likely N-dealkylation sites (tertiary alicyclic amines) is 1. The predicted octanol–water partition coefficient (Wildman–Crippen LogP) is 2.99. The van der Waals surface area contributed by atoms with Crippen LogP contribution in [0.4, 0.5) is 28.0 Å². The van der Waals surface area contributed by atoms with E-state index in [1.54, 1.807) is 4.90 Å². The third-order valence-corrected chi connectivity index (χ3v) is 4.95. The molecule has 1 aromatic carbocycles. The van der Waals surface area contributed by atoms with E-state index in [9.17, 15) is 27.2 Å². The van der Waals surface area contributed by atoms with E-state index in [2.05, 4.69) is 10.6 Å². The minimum Gasteiger partial charge on any atom is -0.381 e. The maximum absolute atomic E-state index is 13.6. The van der Waals surface area contributed by atoms with E-state index in [4.69, 9.17) is 4.74 Å². The van der Waals surface area contributed by atoms with E-state index >= 15 is 0 Å². The SMILES string of the molecule is O=C(Nc1ccc(C(F)(F)F)c(F)c1)NC1CCN(C(=O)[C@@H]2CCOC2)CC1. The molecule has 2 aliphatic rings. The molecule has 3 rings (SSSR count). The molecular formula is C18H21F4N3O3. The highest BCUT2D eigenvalue weighted by molar-refractivity contribution is 5.89. The van der Waals surface area contributed by atoms with Crippen LogP contribution >= 0.6 is 0 Å². The van der Waals surface area contributed by atoms with Gasteiger partial charge in [-0.15, -0.1) is 0 Å². The van der Waals surface area contributed by atoms with Crippen LogP contribution in [0.15, 0.2) is 18.2 Å². The Balaban J connectivity index is 1.47. The molecule has 6 nitrogen and oxygen atoms in total. The molecule has 1 aromatic rings. The van der Waals surface area contributed by atoms with Gasteiger partial charge in [0.15, 0.2) is 0 Å². The molecule has 2 fully saturated rings. The lowest BCUT2D eigenvalue weighted by molar-refractivity contribution is -0.140. The number of hydrogen-bond donors (Lipinski definition) is 2. The molecular weight excluding hydrogens is 382 g/mol. The van der Waals surface area contributed by atoms with Crippen molar-refractivity contribution in [1.82, 2.24) is 10.2 Å². The molecule has 2 aliphatic heterocycles. The van der Waals surface area contributed by atoms with E-state index in [1.807, 2.05) is 0 Å². The van der Waals surface area contributed by atoms with Gasteiger partial charge < -0.3 is 20.3 Å². The monoisotopic (exact) mass is 403 g/mol. The van der Waals surface area contributed by atoms with Crippen molar-refractivity contribution < 1.29 is 31.9 Å². The van der Waals surface area contributed by atoms with Gasteiger partial charge in [-0.2, -0.15) is 13.2 Å². The highest BCUT2D eigenvalue weighted by Crippen LogP contribution is 2.32. The minimum absolute atomic E-state index is 0.0700. The van der Waals surface area contributed by atoms with E-state index in [1.165, 1.54) is 0 Å². The number of benzene rings is 1. The van der Waals surface area contributed by atoms with Crippen LogP contribution in [0.2, 0.25) is 0 Å². The second-order valence-corrected chi connectivity index (χ2v) is 6.95. The van der Waals surface area contributed by atoms with Crippen LogP contribution in [-0.2, 0) is 15.7 Å². The summed E-state index contributed by atoms with van der Waals surface area (Å²) in [4.78, 5) is 26.1. The van der Waals surface area contributed by atoms with Gasteiger partial charge in [-0.25, -0.2) is 9.18 Å². The number of piperidine rings is 1. The van der Waals surface area contributed by atoms with E-state index in [-0.39, 0.29) is 23.6 Å². The molecule has 0 bridgehead atoms. The van der Waals surface area contributed by atoms with Gasteiger partial charge in [0.1, 0.15) is 5.82 Å². The second-order valence-electron chi connectivity index (χ2n) is 6.95. The van der Waals surface area contributed by atoms with Crippen LogP contribution < -0.4 is 10.6 Å². The zero-order chi connectivity index (χ0) is 20.3. The summed E-state index contributed by atoms with van der Waals surface area (Å²) in [5.74, 6) is -1.48. The number of nitrogens with zero attached hydrogens (tertiary/aromatic N) is 1. The fraction of sp³-hybridized carbons (Fsp3) is 0.556. The number of nitrogens with one attached hydrogen (secondary N) is 2. The van der Waals surface area contributed by atoms with Gasteiger partial charge >= 0.3 is 12.2 Å². The number of anilines is 1. The number of rotatable bonds is 3. The Morgan fingerprint density at radius 3 is 2.43 bits per heavy atom. The third kappa shape index (κ3) is 4.92. The van der Waals surface area contributed by atoms with Crippen molar-refractivity contribution in [3.63, 3.8) is 0 Å². The highest BCUT2D eigenvalue weighted by Gasteiger charge is 2.34. The Morgan fingerprint density at radius 1 is 1.14 bits per heavy atom. The van der Waals surface area contributed by atoms with Crippen LogP contribution in [-0.4, -0.2) is 49.2 Å². The van der Waals surface area contributed by atoms with Crippen molar-refractivity contribution in [2.24, 2.45) is 5.92 Å². The summed E-state index contributed by atoms with van der Waals surface area (Å²) in [6.45, 7) is 2.06. The summed E-state index contributed by atoms with van der Waals surface area (Å²) >= 11 is 0. The molecule has 10 heteroatoms. The standard InChI is InChI=1S/C18H21F4N3O3/c19-15-9-13(1-2-14(15)18(20,21)22)24-17(27)23-12-3-6-25(7-4-12)16(26)11-5-8-28-10-11/h1-2,9,11-12H,3-8,10H2,(H2,23,24,27)/t11-/m1/s1. The fourth-order valence-electron chi connectivity index (χ4n) is 3.41. The number of carbonyl (C=O) groups is 2. The summed E-state index contributed by atoms with van der Waals surface area (Å²) in [7, 11) is 0. The zero-order valence-electron chi connectivity index (χ0n) is 15.0. The first kappa shape index (κ1) is 20.4. The van der Waals surface area contributed by atoms with Gasteiger partial charge in [-0.05, 0) is 37.5 Å². The number of hydrogen-bond acceptors (Lipinski definition) is 3. The predicted molar refractivity (Wildman–Crippen MR) is 92.1 cm³/mol. The van der Waals surface area contributed by atoms with E-state index < -0.39 is 23.6 Å². The van der Waals surface area contributed by atoms with Gasteiger partial charge in [-0.3, -0.25) is 4.79 Å². The van der Waals surface area contributed by atoms with Crippen LogP contribution in [0.25, 0.3) is 0 Å². The van der Waals surface area contributed by atoms with E-state index in [0.29, 0.717) is 51.3 Å². The number of alkyl halides is 3. The first-order valence-corrected chi connectivity index (χ1v) is 9.05. The molecule has 1 atom stereocenters. The van der Waals surface area contributed by atoms with Gasteiger partial charge in [0.05, 0.1) is 18.1 Å². The quantitative estimate of drug-likeness (QED) is 0.763. The van der Waals surface area contributed by atoms with Crippen LogP contribution in [0, 0.1) is 11.7 Å². The van der Waals surface area contributed by atoms with Crippen molar-refractivity contribution in [3.8, 4) is 0 Å². The van der Waals surface area contributed by atoms with E-state index in [0.717, 1.165) is 12.5 Å². The molecule has 2 heterocycles. The number of carbonyl (C=O) groups excluding carboxylic acids is 2. The molecule has 154 valence electrons. The van der Waals surface area contributed by atoms with Gasteiger partial charge in [0.25, 0.3) is 0 Å². The van der Waals surface area contributed by atoms with Gasteiger partial charge in [-0.1, -0.05) is 0 Å². The topological polar surface area (TPSA) is 70.7 Å². The van der Waals surface area contributed by atoms with Crippen LogP contribution in [0.3, 0.4) is 0 Å². The third-order valence-electron chi connectivity index (χ3n) is 4.95. The molecule has 0 unspecified atom stereocenters. The molecule has 0 radical (unpaired) electrons. The number of amides is 3. The van der Waals surface area contributed by atoms with Crippen molar-refractivity contribution in [2.75, 3.05) is 31.6 Å². The molecule has 2 N–H and O–H groups in total. The minimum atomic E-state index is -4.79.